The molecule has 0 atom stereocenters. The molecule has 1 fully saturated rings. The highest BCUT2D eigenvalue weighted by atomic mass is 16.5. The number of nitrogens with zero attached hydrogens (tertiary/aromatic N) is 1. The number of carbonyl (C=O) groups is 2. The predicted molar refractivity (Wildman–Crippen MR) is 106 cm³/mol. The van der Waals surface area contributed by atoms with Gasteiger partial charge >= 0.3 is 0 Å². The molecule has 0 unspecified atom stereocenters. The molecule has 2 amide bonds. The third kappa shape index (κ3) is 4.67. The molecule has 0 aromatic heterocycles. The quantitative estimate of drug-likeness (QED) is 0.846. The zero-order valence-electron chi connectivity index (χ0n) is 16.0. The Morgan fingerprint density at radius 1 is 1.07 bits per heavy atom. The number of rotatable bonds is 6. The molecular weight excluding hydrogens is 340 g/mol. The van der Waals surface area contributed by atoms with Gasteiger partial charge in [0.15, 0.2) is 6.61 Å². The molecule has 1 aliphatic heterocycles. The van der Waals surface area contributed by atoms with Gasteiger partial charge in [0.25, 0.3) is 11.8 Å². The molecule has 3 rings (SSSR count). The summed E-state index contributed by atoms with van der Waals surface area (Å²) in [5.74, 6) is 0.453. The number of carbonyl (C=O) groups excluding carboxylic acids is 2. The molecule has 5 heteroatoms. The molecule has 1 saturated heterocycles. The number of nitrogens with one attached hydrogen (secondary N) is 1. The lowest BCUT2D eigenvalue weighted by molar-refractivity contribution is -0.118. The molecule has 2 aromatic carbocycles. The van der Waals surface area contributed by atoms with Crippen LogP contribution in [0.2, 0.25) is 0 Å². The largest absolute Gasteiger partial charge is 0.484 e. The van der Waals surface area contributed by atoms with E-state index in [1.165, 1.54) is 5.56 Å². The number of benzene rings is 2. The Hall–Kier alpha value is -2.82. The van der Waals surface area contributed by atoms with Gasteiger partial charge in [-0.05, 0) is 61.6 Å². The van der Waals surface area contributed by atoms with Crippen molar-refractivity contribution in [1.82, 2.24) is 4.90 Å². The molecular formula is C22H26N2O3. The summed E-state index contributed by atoms with van der Waals surface area (Å²) in [5, 5.41) is 2.85. The number of aryl methyl sites for hydroxylation is 1. The molecule has 0 bridgehead atoms. The monoisotopic (exact) mass is 366 g/mol. The van der Waals surface area contributed by atoms with Gasteiger partial charge in [-0.1, -0.05) is 25.1 Å². The number of likely N-dealkylation sites (tertiary alicyclic amines) is 1. The fraction of sp³-hybridized carbons (Fsp3) is 0.364. The first-order valence-corrected chi connectivity index (χ1v) is 9.49. The van der Waals surface area contributed by atoms with E-state index in [1.54, 1.807) is 6.07 Å². The summed E-state index contributed by atoms with van der Waals surface area (Å²) >= 11 is 0. The molecule has 0 radical (unpaired) electrons. The van der Waals surface area contributed by atoms with E-state index >= 15 is 0 Å². The lowest BCUT2D eigenvalue weighted by Crippen LogP contribution is -2.28. The standard InChI is InChI=1S/C22H26N2O3/c1-3-17-9-11-18(12-10-17)27-15-21(25)23-20-8-6-7-19(16(20)2)22(26)24-13-4-5-14-24/h6-12H,3-5,13-15H2,1-2H3,(H,23,25). The Morgan fingerprint density at radius 2 is 1.78 bits per heavy atom. The number of hydrogen-bond acceptors (Lipinski definition) is 3. The van der Waals surface area contributed by atoms with Crippen LogP contribution in [0.15, 0.2) is 42.5 Å². The van der Waals surface area contributed by atoms with E-state index in [0.717, 1.165) is 37.9 Å². The Kier molecular flexibility index (Phi) is 6.12. The Morgan fingerprint density at radius 3 is 2.44 bits per heavy atom. The van der Waals surface area contributed by atoms with Gasteiger partial charge in [0.1, 0.15) is 5.75 Å². The molecule has 5 nitrogen and oxygen atoms in total. The summed E-state index contributed by atoms with van der Waals surface area (Å²) in [7, 11) is 0. The summed E-state index contributed by atoms with van der Waals surface area (Å²) in [5.41, 5.74) is 3.30. The van der Waals surface area contributed by atoms with Crippen molar-refractivity contribution in [2.75, 3.05) is 25.0 Å². The van der Waals surface area contributed by atoms with Crippen LogP contribution >= 0.6 is 0 Å². The fourth-order valence-electron chi connectivity index (χ4n) is 3.25. The van der Waals surface area contributed by atoms with Crippen molar-refractivity contribution < 1.29 is 14.3 Å². The zero-order valence-corrected chi connectivity index (χ0v) is 16.0. The number of hydrogen-bond donors (Lipinski definition) is 1. The van der Waals surface area contributed by atoms with Crippen molar-refractivity contribution in [3.8, 4) is 5.75 Å². The molecule has 1 heterocycles. The molecule has 142 valence electrons. The van der Waals surface area contributed by atoms with Crippen LogP contribution in [0.1, 0.15) is 41.3 Å². The van der Waals surface area contributed by atoms with Gasteiger partial charge in [-0.25, -0.2) is 0 Å². The second-order valence-corrected chi connectivity index (χ2v) is 6.81. The Balaban J connectivity index is 1.61. The third-order valence-corrected chi connectivity index (χ3v) is 4.93. The minimum Gasteiger partial charge on any atom is -0.484 e. The average molecular weight is 366 g/mol. The molecule has 0 saturated carbocycles. The highest BCUT2D eigenvalue weighted by Crippen LogP contribution is 2.22. The average Bonchev–Trinajstić information content (AvgIpc) is 3.23. The van der Waals surface area contributed by atoms with E-state index in [1.807, 2.05) is 48.2 Å². The van der Waals surface area contributed by atoms with Crippen molar-refractivity contribution in [2.45, 2.75) is 33.1 Å². The van der Waals surface area contributed by atoms with Gasteiger partial charge < -0.3 is 15.0 Å². The summed E-state index contributed by atoms with van der Waals surface area (Å²) < 4.78 is 5.55. The lowest BCUT2D eigenvalue weighted by atomic mass is 10.1. The second kappa shape index (κ2) is 8.71. The number of ether oxygens (including phenoxy) is 1. The van der Waals surface area contributed by atoms with Gasteiger partial charge in [-0.2, -0.15) is 0 Å². The van der Waals surface area contributed by atoms with Crippen molar-refractivity contribution in [3.05, 3.63) is 59.2 Å². The maximum atomic E-state index is 12.7. The maximum Gasteiger partial charge on any atom is 0.262 e. The summed E-state index contributed by atoms with van der Waals surface area (Å²) in [6.07, 6.45) is 3.07. The first-order chi connectivity index (χ1) is 13.1. The minimum absolute atomic E-state index is 0.0355. The third-order valence-electron chi connectivity index (χ3n) is 4.93. The van der Waals surface area contributed by atoms with E-state index in [4.69, 9.17) is 4.74 Å². The lowest BCUT2D eigenvalue weighted by Gasteiger charge is -2.18. The molecule has 1 N–H and O–H groups in total. The van der Waals surface area contributed by atoms with Crippen LogP contribution < -0.4 is 10.1 Å². The Bertz CT molecular complexity index is 809. The van der Waals surface area contributed by atoms with Crippen molar-refractivity contribution in [3.63, 3.8) is 0 Å². The van der Waals surface area contributed by atoms with Crippen LogP contribution in [-0.4, -0.2) is 36.4 Å². The minimum atomic E-state index is -0.247. The maximum absolute atomic E-state index is 12.7. The predicted octanol–water partition coefficient (Wildman–Crippen LogP) is 3.81. The van der Waals surface area contributed by atoms with E-state index in [0.29, 0.717) is 17.0 Å². The second-order valence-electron chi connectivity index (χ2n) is 6.81. The molecule has 2 aromatic rings. The van der Waals surface area contributed by atoms with E-state index in [2.05, 4.69) is 12.2 Å². The molecule has 1 aliphatic rings. The molecule has 0 aliphatic carbocycles. The normalized spacial score (nSPS) is 13.5. The van der Waals surface area contributed by atoms with Crippen molar-refractivity contribution in [2.24, 2.45) is 0 Å². The highest BCUT2D eigenvalue weighted by Gasteiger charge is 2.22. The molecule has 0 spiro atoms. The zero-order chi connectivity index (χ0) is 19.2. The Labute approximate surface area is 160 Å². The van der Waals surface area contributed by atoms with Gasteiger partial charge in [0, 0.05) is 24.3 Å². The van der Waals surface area contributed by atoms with Crippen LogP contribution in [0.5, 0.6) is 5.75 Å². The van der Waals surface area contributed by atoms with Crippen LogP contribution in [0.3, 0.4) is 0 Å². The van der Waals surface area contributed by atoms with Crippen LogP contribution in [0.25, 0.3) is 0 Å². The van der Waals surface area contributed by atoms with Gasteiger partial charge in [-0.3, -0.25) is 9.59 Å². The van der Waals surface area contributed by atoms with Crippen LogP contribution in [0, 0.1) is 6.92 Å². The highest BCUT2D eigenvalue weighted by molar-refractivity contribution is 5.99. The summed E-state index contributed by atoms with van der Waals surface area (Å²) in [6, 6.07) is 13.1. The van der Waals surface area contributed by atoms with Crippen molar-refractivity contribution >= 4 is 17.5 Å². The molecule has 27 heavy (non-hydrogen) atoms. The summed E-state index contributed by atoms with van der Waals surface area (Å²) in [4.78, 5) is 26.8. The SMILES string of the molecule is CCc1ccc(OCC(=O)Nc2cccc(C(=O)N3CCCC3)c2C)cc1. The van der Waals surface area contributed by atoms with Gasteiger partial charge in [0.2, 0.25) is 0 Å². The number of anilines is 1. The van der Waals surface area contributed by atoms with Crippen molar-refractivity contribution in [1.29, 1.82) is 0 Å². The summed E-state index contributed by atoms with van der Waals surface area (Å²) in [6.45, 7) is 5.49. The van der Waals surface area contributed by atoms with Gasteiger partial charge in [-0.15, -0.1) is 0 Å². The van der Waals surface area contributed by atoms with Crippen LogP contribution in [0.4, 0.5) is 5.69 Å². The van der Waals surface area contributed by atoms with E-state index < -0.39 is 0 Å². The van der Waals surface area contributed by atoms with Crippen LogP contribution in [-0.2, 0) is 11.2 Å². The van der Waals surface area contributed by atoms with Gasteiger partial charge in [0.05, 0.1) is 0 Å². The number of amides is 2. The topological polar surface area (TPSA) is 58.6 Å². The van der Waals surface area contributed by atoms with E-state index in [-0.39, 0.29) is 18.4 Å². The fourth-order valence-corrected chi connectivity index (χ4v) is 3.25. The first kappa shape index (κ1) is 19.0. The smallest absolute Gasteiger partial charge is 0.262 e. The first-order valence-electron chi connectivity index (χ1n) is 9.49. The van der Waals surface area contributed by atoms with E-state index in [9.17, 15) is 9.59 Å².